The summed E-state index contributed by atoms with van der Waals surface area (Å²) in [4.78, 5) is 40.1. The molecule has 4 heterocycles. The summed E-state index contributed by atoms with van der Waals surface area (Å²) in [6, 6.07) is 3.16. The molecule has 2 amide bonds. The lowest BCUT2D eigenvalue weighted by Gasteiger charge is -2.26. The van der Waals surface area contributed by atoms with Gasteiger partial charge in [-0.15, -0.1) is 5.10 Å². The molecule has 0 aliphatic carbocycles. The summed E-state index contributed by atoms with van der Waals surface area (Å²) < 4.78 is 33.2. The third kappa shape index (κ3) is 6.26. The van der Waals surface area contributed by atoms with E-state index in [4.69, 9.17) is 27.2 Å². The van der Waals surface area contributed by atoms with Crippen LogP contribution in [0.4, 0.5) is 24.7 Å². The van der Waals surface area contributed by atoms with Gasteiger partial charge >= 0.3 is 12.1 Å². The van der Waals surface area contributed by atoms with Gasteiger partial charge in [0.05, 0.1) is 16.8 Å². The average molecular weight is 596 g/mol. The second-order valence-electron chi connectivity index (χ2n) is 9.22. The number of anilines is 2. The van der Waals surface area contributed by atoms with Crippen molar-refractivity contribution in [2.45, 2.75) is 38.5 Å². The number of aromatic amines is 1. The Kier molecular flexibility index (Phi) is 8.23. The number of hydrogen-bond donors (Lipinski definition) is 5. The maximum absolute atomic E-state index is 13.2. The Hall–Kier alpha value is -4.60. The lowest BCUT2D eigenvalue weighted by Crippen LogP contribution is -2.36. The third-order valence-corrected chi connectivity index (χ3v) is 6.61. The molecular formula is C24H25ClF3N9O4. The first-order chi connectivity index (χ1) is 19.3. The van der Waals surface area contributed by atoms with E-state index in [1.165, 1.54) is 11.4 Å². The first kappa shape index (κ1) is 29.4. The number of nitrogen functional groups attached to an aromatic ring is 1. The molecule has 5 rings (SSSR count). The number of nitrogens with two attached hydrogens (primary N) is 1. The molecule has 4 aromatic rings. The number of aliphatic carboxylic acids is 1. The standard InChI is InChI=1S/C22H24ClN9O2.C2HF3O2/c1-11(27-22(34)17-20(24)30-32-6-3-5-25-21(17)32)14-8-16(23)15-9-26-29-18(15)19(14)31-7-4-13(10-31)28-12(2)33;3-2(4,5)1(6)7/h3,5-6,8-9,11,13H,4,7,10H2,1-2H3,(H2,24,30)(H,26,29)(H,27,34)(H,28,33);(H,6,7)/t11?,13-;/m0./s1. The van der Waals surface area contributed by atoms with Crippen molar-refractivity contribution in [3.63, 3.8) is 0 Å². The number of hydrogen-bond acceptors (Lipinski definition) is 8. The number of carboxylic acids is 1. The molecule has 1 fully saturated rings. The number of alkyl halides is 3. The Labute approximate surface area is 234 Å². The van der Waals surface area contributed by atoms with E-state index in [0.717, 1.165) is 29.6 Å². The molecule has 0 bridgehead atoms. The van der Waals surface area contributed by atoms with Gasteiger partial charge in [0.25, 0.3) is 5.91 Å². The van der Waals surface area contributed by atoms with Crippen molar-refractivity contribution < 1.29 is 32.7 Å². The molecule has 3 aromatic heterocycles. The minimum Gasteiger partial charge on any atom is -0.475 e. The van der Waals surface area contributed by atoms with Crippen molar-refractivity contribution in [3.8, 4) is 0 Å². The van der Waals surface area contributed by atoms with E-state index in [1.54, 1.807) is 24.7 Å². The van der Waals surface area contributed by atoms with Crippen molar-refractivity contribution in [1.82, 2.24) is 35.4 Å². The van der Waals surface area contributed by atoms with Gasteiger partial charge < -0.3 is 26.4 Å². The number of carboxylic acid groups (broad SMARTS) is 1. The average Bonchev–Trinajstić information content (AvgIpc) is 3.61. The van der Waals surface area contributed by atoms with Gasteiger partial charge in [0.1, 0.15) is 11.1 Å². The number of carbonyl (C=O) groups excluding carboxylic acids is 2. The van der Waals surface area contributed by atoms with E-state index in [-0.39, 0.29) is 29.2 Å². The van der Waals surface area contributed by atoms with Crippen molar-refractivity contribution in [3.05, 3.63) is 46.9 Å². The van der Waals surface area contributed by atoms with E-state index in [9.17, 15) is 22.8 Å². The smallest absolute Gasteiger partial charge is 0.475 e. The van der Waals surface area contributed by atoms with Crippen LogP contribution in [-0.4, -0.2) is 73.0 Å². The third-order valence-electron chi connectivity index (χ3n) is 6.30. The van der Waals surface area contributed by atoms with Gasteiger partial charge in [0.15, 0.2) is 11.5 Å². The molecule has 13 nitrogen and oxygen atoms in total. The predicted octanol–water partition coefficient (Wildman–Crippen LogP) is 2.68. The fourth-order valence-corrected chi connectivity index (χ4v) is 4.83. The van der Waals surface area contributed by atoms with Crippen LogP contribution < -0.4 is 21.3 Å². The summed E-state index contributed by atoms with van der Waals surface area (Å²) in [5.41, 5.74) is 9.01. The molecule has 41 heavy (non-hydrogen) atoms. The predicted molar refractivity (Wildman–Crippen MR) is 143 cm³/mol. The van der Waals surface area contributed by atoms with Gasteiger partial charge in [0, 0.05) is 55.6 Å². The first-order valence-corrected chi connectivity index (χ1v) is 12.5. The minimum absolute atomic E-state index is 0.0320. The Bertz CT molecular complexity index is 1620. The van der Waals surface area contributed by atoms with Gasteiger partial charge in [-0.2, -0.15) is 18.3 Å². The highest BCUT2D eigenvalue weighted by molar-refractivity contribution is 6.36. The molecule has 6 N–H and O–H groups in total. The number of amides is 2. The zero-order valence-corrected chi connectivity index (χ0v) is 22.4. The summed E-state index contributed by atoms with van der Waals surface area (Å²) >= 11 is 6.57. The number of benzene rings is 1. The van der Waals surface area contributed by atoms with E-state index in [0.29, 0.717) is 22.7 Å². The van der Waals surface area contributed by atoms with Crippen LogP contribution in [0, 0.1) is 0 Å². The van der Waals surface area contributed by atoms with Crippen molar-refractivity contribution in [2.75, 3.05) is 23.7 Å². The fourth-order valence-electron chi connectivity index (χ4n) is 4.57. The van der Waals surface area contributed by atoms with Crippen molar-refractivity contribution >= 4 is 57.4 Å². The van der Waals surface area contributed by atoms with E-state index in [2.05, 4.69) is 35.8 Å². The molecule has 17 heteroatoms. The molecule has 2 atom stereocenters. The molecule has 0 radical (unpaired) electrons. The lowest BCUT2D eigenvalue weighted by atomic mass is 10.0. The number of H-pyrrole nitrogens is 1. The summed E-state index contributed by atoms with van der Waals surface area (Å²) in [6.07, 6.45) is 0.736. The number of carbonyl (C=O) groups is 3. The highest BCUT2D eigenvalue weighted by Crippen LogP contribution is 2.39. The number of halogens is 4. The largest absolute Gasteiger partial charge is 0.490 e. The Balaban J connectivity index is 0.000000493. The maximum Gasteiger partial charge on any atom is 0.490 e. The monoisotopic (exact) mass is 595 g/mol. The van der Waals surface area contributed by atoms with Crippen LogP contribution in [0.5, 0.6) is 0 Å². The van der Waals surface area contributed by atoms with Crippen LogP contribution in [0.1, 0.15) is 42.2 Å². The molecule has 1 aliphatic heterocycles. The minimum atomic E-state index is -5.08. The number of fused-ring (bicyclic) bond motifs is 2. The van der Waals surface area contributed by atoms with Crippen molar-refractivity contribution in [1.29, 1.82) is 0 Å². The lowest BCUT2D eigenvalue weighted by molar-refractivity contribution is -0.192. The number of nitrogens with zero attached hydrogens (tertiary/aromatic N) is 5. The second-order valence-corrected chi connectivity index (χ2v) is 9.63. The Morgan fingerprint density at radius 3 is 2.68 bits per heavy atom. The molecule has 1 aromatic carbocycles. The summed E-state index contributed by atoms with van der Waals surface area (Å²) in [6.45, 7) is 4.75. The zero-order chi connectivity index (χ0) is 30.1. The SMILES string of the molecule is CC(=O)N[C@H]1CCN(c2c(C(C)NC(=O)c3c(N)nn4cccnc34)cc(Cl)c3c[nH]nc23)C1.O=C(O)C(F)(F)F. The number of rotatable bonds is 5. The summed E-state index contributed by atoms with van der Waals surface area (Å²) in [7, 11) is 0. The van der Waals surface area contributed by atoms with Crippen LogP contribution in [-0.2, 0) is 9.59 Å². The quantitative estimate of drug-likeness (QED) is 0.231. The molecule has 1 saturated heterocycles. The second kappa shape index (κ2) is 11.5. The molecule has 0 spiro atoms. The van der Waals surface area contributed by atoms with E-state index in [1.807, 2.05) is 13.0 Å². The Morgan fingerprint density at radius 2 is 2.02 bits per heavy atom. The fraction of sp³-hybridized carbons (Fsp3) is 0.333. The van der Waals surface area contributed by atoms with E-state index < -0.39 is 18.2 Å². The zero-order valence-electron chi connectivity index (χ0n) is 21.7. The topological polar surface area (TPSA) is 184 Å². The Morgan fingerprint density at radius 1 is 1.32 bits per heavy atom. The number of aromatic nitrogens is 5. The van der Waals surface area contributed by atoms with Gasteiger partial charge in [-0.3, -0.25) is 14.7 Å². The first-order valence-electron chi connectivity index (χ1n) is 12.2. The van der Waals surface area contributed by atoms with Crippen LogP contribution in [0.25, 0.3) is 16.6 Å². The highest BCUT2D eigenvalue weighted by Gasteiger charge is 2.38. The van der Waals surface area contributed by atoms with Gasteiger partial charge in [-0.1, -0.05) is 11.6 Å². The molecule has 1 aliphatic rings. The number of nitrogens with one attached hydrogen (secondary N) is 3. The molecular weight excluding hydrogens is 571 g/mol. The molecule has 1 unspecified atom stereocenters. The van der Waals surface area contributed by atoms with E-state index >= 15 is 0 Å². The maximum atomic E-state index is 13.2. The summed E-state index contributed by atoms with van der Waals surface area (Å²) in [5, 5.41) is 25.9. The van der Waals surface area contributed by atoms with Crippen LogP contribution in [0.2, 0.25) is 5.02 Å². The van der Waals surface area contributed by atoms with Crippen LogP contribution >= 0.6 is 11.6 Å². The van der Waals surface area contributed by atoms with Crippen molar-refractivity contribution in [2.24, 2.45) is 0 Å². The summed E-state index contributed by atoms with van der Waals surface area (Å²) in [5.74, 6) is -3.11. The molecule has 218 valence electrons. The van der Waals surface area contributed by atoms with Crippen LogP contribution in [0.3, 0.4) is 0 Å². The van der Waals surface area contributed by atoms with Gasteiger partial charge in [-0.05, 0) is 25.5 Å². The molecule has 0 saturated carbocycles. The van der Waals surface area contributed by atoms with Gasteiger partial charge in [0.2, 0.25) is 5.91 Å². The highest BCUT2D eigenvalue weighted by atomic mass is 35.5. The van der Waals surface area contributed by atoms with Crippen LogP contribution in [0.15, 0.2) is 30.7 Å². The van der Waals surface area contributed by atoms with Gasteiger partial charge in [-0.25, -0.2) is 14.3 Å². The normalized spacial score (nSPS) is 15.9.